The Bertz CT molecular complexity index is 429. The predicted molar refractivity (Wildman–Crippen MR) is 53.2 cm³/mol. The van der Waals surface area contributed by atoms with Gasteiger partial charge in [-0.15, -0.1) is 0 Å². The number of hydrogen-bond acceptors (Lipinski definition) is 4. The molecule has 0 heterocycles. The van der Waals surface area contributed by atoms with E-state index in [4.69, 9.17) is 15.3 Å². The summed E-state index contributed by atoms with van der Waals surface area (Å²) in [5.74, 6) is -0.148. The number of nitrogens with zero attached hydrogens (tertiary/aromatic N) is 2. The van der Waals surface area contributed by atoms with Gasteiger partial charge in [-0.25, -0.2) is 0 Å². The van der Waals surface area contributed by atoms with Crippen molar-refractivity contribution in [3.8, 4) is 23.6 Å². The van der Waals surface area contributed by atoms with Gasteiger partial charge in [-0.2, -0.15) is 10.5 Å². The van der Waals surface area contributed by atoms with Crippen LogP contribution in [0.3, 0.4) is 0 Å². The normalized spacial score (nSPS) is 11.1. The van der Waals surface area contributed by atoms with E-state index in [0.29, 0.717) is 11.3 Å². The lowest BCUT2D eigenvalue weighted by Gasteiger charge is -2.08. The fourth-order valence-corrected chi connectivity index (χ4v) is 1.24. The van der Waals surface area contributed by atoms with Crippen LogP contribution in [0, 0.1) is 22.7 Å². The zero-order valence-electron chi connectivity index (χ0n) is 8.27. The largest absolute Gasteiger partial charge is 0.504 e. The molecule has 4 heteroatoms. The van der Waals surface area contributed by atoms with Crippen molar-refractivity contribution in [1.29, 1.82) is 10.5 Å². The van der Waals surface area contributed by atoms with E-state index in [1.807, 2.05) is 12.1 Å². The number of rotatable bonds is 3. The average molecular weight is 202 g/mol. The summed E-state index contributed by atoms with van der Waals surface area (Å²) in [6, 6.07) is 8.61. The van der Waals surface area contributed by atoms with Crippen molar-refractivity contribution in [2.75, 3.05) is 7.11 Å². The fraction of sp³-hybridized carbons (Fsp3) is 0.273. The second kappa shape index (κ2) is 4.88. The molecule has 1 aromatic rings. The van der Waals surface area contributed by atoms with Crippen LogP contribution < -0.4 is 4.74 Å². The van der Waals surface area contributed by atoms with E-state index in [9.17, 15) is 5.11 Å². The van der Waals surface area contributed by atoms with Crippen LogP contribution in [0.25, 0.3) is 0 Å². The smallest absolute Gasteiger partial charge is 0.160 e. The molecule has 0 aliphatic heterocycles. The summed E-state index contributed by atoms with van der Waals surface area (Å²) in [6.45, 7) is 0. The number of aromatic hydroxyl groups is 1. The number of hydrogen-bond donors (Lipinski definition) is 1. The van der Waals surface area contributed by atoms with E-state index in [1.54, 1.807) is 12.1 Å². The SMILES string of the molecule is COc1cc(C(C#N)CC#N)ccc1O. The van der Waals surface area contributed by atoms with Crippen molar-refractivity contribution in [1.82, 2.24) is 0 Å². The van der Waals surface area contributed by atoms with E-state index in [0.717, 1.165) is 0 Å². The van der Waals surface area contributed by atoms with Gasteiger partial charge in [-0.3, -0.25) is 0 Å². The van der Waals surface area contributed by atoms with Crippen LogP contribution in [0.1, 0.15) is 17.9 Å². The van der Waals surface area contributed by atoms with E-state index in [1.165, 1.54) is 13.2 Å². The van der Waals surface area contributed by atoms with Crippen LogP contribution in [0.4, 0.5) is 0 Å². The third-order valence-electron chi connectivity index (χ3n) is 2.06. The standard InChI is InChI=1S/C11H10N2O2/c1-15-11-6-8(2-3-10(11)14)9(7-13)4-5-12/h2-3,6,9,14H,4H2,1H3. The highest BCUT2D eigenvalue weighted by Gasteiger charge is 2.12. The zero-order chi connectivity index (χ0) is 11.3. The summed E-state index contributed by atoms with van der Waals surface area (Å²) >= 11 is 0. The molecular weight excluding hydrogens is 192 g/mol. The topological polar surface area (TPSA) is 77.0 Å². The minimum absolute atomic E-state index is 0.0231. The van der Waals surface area contributed by atoms with Crippen molar-refractivity contribution in [2.24, 2.45) is 0 Å². The Morgan fingerprint density at radius 1 is 1.47 bits per heavy atom. The molecule has 1 rings (SSSR count). The number of phenols is 1. The molecular formula is C11H10N2O2. The molecule has 0 fully saturated rings. The maximum Gasteiger partial charge on any atom is 0.160 e. The molecule has 0 spiro atoms. The van der Waals surface area contributed by atoms with Crippen LogP contribution in [-0.2, 0) is 0 Å². The van der Waals surface area contributed by atoms with Crippen LogP contribution in [0.5, 0.6) is 11.5 Å². The molecule has 0 saturated heterocycles. The highest BCUT2D eigenvalue weighted by molar-refractivity contribution is 5.44. The minimum atomic E-state index is -0.482. The number of benzene rings is 1. The lowest BCUT2D eigenvalue weighted by molar-refractivity contribution is 0.373. The molecule has 0 aliphatic carbocycles. The molecule has 0 saturated carbocycles. The summed E-state index contributed by atoms with van der Waals surface area (Å²) in [5.41, 5.74) is 0.675. The Hall–Kier alpha value is -2.20. The molecule has 4 nitrogen and oxygen atoms in total. The van der Waals surface area contributed by atoms with Gasteiger partial charge in [0.25, 0.3) is 0 Å². The summed E-state index contributed by atoms with van der Waals surface area (Å²) in [7, 11) is 1.44. The lowest BCUT2D eigenvalue weighted by Crippen LogP contribution is -1.95. The molecule has 0 bridgehead atoms. The Labute approximate surface area is 87.9 Å². The molecule has 0 aromatic heterocycles. The molecule has 1 unspecified atom stereocenters. The van der Waals surface area contributed by atoms with Gasteiger partial charge < -0.3 is 9.84 Å². The van der Waals surface area contributed by atoms with Crippen molar-refractivity contribution < 1.29 is 9.84 Å². The second-order valence-electron chi connectivity index (χ2n) is 2.98. The fourth-order valence-electron chi connectivity index (χ4n) is 1.24. The van der Waals surface area contributed by atoms with E-state index >= 15 is 0 Å². The van der Waals surface area contributed by atoms with Gasteiger partial charge in [0.2, 0.25) is 0 Å². The third-order valence-corrected chi connectivity index (χ3v) is 2.06. The highest BCUT2D eigenvalue weighted by atomic mass is 16.5. The van der Waals surface area contributed by atoms with Gasteiger partial charge in [-0.1, -0.05) is 6.07 Å². The van der Waals surface area contributed by atoms with Gasteiger partial charge in [0.05, 0.1) is 31.6 Å². The van der Waals surface area contributed by atoms with Crippen LogP contribution in [0.15, 0.2) is 18.2 Å². The first kappa shape index (κ1) is 10.9. The van der Waals surface area contributed by atoms with Crippen molar-refractivity contribution in [3.63, 3.8) is 0 Å². The molecule has 1 aromatic carbocycles. The Morgan fingerprint density at radius 3 is 2.73 bits per heavy atom. The maximum atomic E-state index is 9.35. The van der Waals surface area contributed by atoms with E-state index in [2.05, 4.69) is 0 Å². The van der Waals surface area contributed by atoms with E-state index < -0.39 is 5.92 Å². The summed E-state index contributed by atoms with van der Waals surface area (Å²) in [4.78, 5) is 0. The van der Waals surface area contributed by atoms with Gasteiger partial charge in [-0.05, 0) is 17.7 Å². The molecule has 0 radical (unpaired) electrons. The third kappa shape index (κ3) is 2.38. The van der Waals surface area contributed by atoms with Crippen molar-refractivity contribution >= 4 is 0 Å². The first-order valence-electron chi connectivity index (χ1n) is 4.36. The molecule has 15 heavy (non-hydrogen) atoms. The van der Waals surface area contributed by atoms with E-state index in [-0.39, 0.29) is 12.2 Å². The number of methoxy groups -OCH3 is 1. The molecule has 0 aliphatic rings. The monoisotopic (exact) mass is 202 g/mol. The number of nitriles is 2. The maximum absolute atomic E-state index is 9.35. The van der Waals surface area contributed by atoms with Crippen molar-refractivity contribution in [2.45, 2.75) is 12.3 Å². The van der Waals surface area contributed by atoms with Gasteiger partial charge in [0.15, 0.2) is 11.5 Å². The predicted octanol–water partition coefficient (Wildman–Crippen LogP) is 1.92. The summed E-state index contributed by atoms with van der Waals surface area (Å²) in [6.07, 6.45) is 0.129. The minimum Gasteiger partial charge on any atom is -0.504 e. The van der Waals surface area contributed by atoms with Crippen molar-refractivity contribution in [3.05, 3.63) is 23.8 Å². The Kier molecular flexibility index (Phi) is 3.54. The molecule has 1 atom stereocenters. The lowest BCUT2D eigenvalue weighted by atomic mass is 9.97. The first-order valence-corrected chi connectivity index (χ1v) is 4.36. The van der Waals surface area contributed by atoms with Crippen LogP contribution >= 0.6 is 0 Å². The molecule has 0 amide bonds. The Balaban J connectivity index is 3.06. The van der Waals surface area contributed by atoms with Crippen LogP contribution in [0.2, 0.25) is 0 Å². The molecule has 1 N–H and O–H groups in total. The van der Waals surface area contributed by atoms with Gasteiger partial charge >= 0.3 is 0 Å². The average Bonchev–Trinajstić information content (AvgIpc) is 2.27. The van der Waals surface area contributed by atoms with Crippen LogP contribution in [-0.4, -0.2) is 12.2 Å². The summed E-state index contributed by atoms with van der Waals surface area (Å²) < 4.78 is 4.92. The van der Waals surface area contributed by atoms with Gasteiger partial charge in [0.1, 0.15) is 0 Å². The second-order valence-corrected chi connectivity index (χ2v) is 2.98. The molecule has 76 valence electrons. The Morgan fingerprint density at radius 2 is 2.20 bits per heavy atom. The highest BCUT2D eigenvalue weighted by Crippen LogP contribution is 2.30. The number of ether oxygens (including phenoxy) is 1. The number of phenolic OH excluding ortho intramolecular Hbond substituents is 1. The first-order chi connectivity index (χ1) is 7.22. The zero-order valence-corrected chi connectivity index (χ0v) is 8.27. The van der Waals surface area contributed by atoms with Gasteiger partial charge in [0, 0.05) is 0 Å². The summed E-state index contributed by atoms with van der Waals surface area (Å²) in [5, 5.41) is 26.7. The quantitative estimate of drug-likeness (QED) is 0.812.